The predicted octanol–water partition coefficient (Wildman–Crippen LogP) is 1.61. The molecule has 0 fully saturated rings. The number of halogens is 1. The van der Waals surface area contributed by atoms with Gasteiger partial charge in [0.1, 0.15) is 0 Å². The van der Waals surface area contributed by atoms with Gasteiger partial charge >= 0.3 is 5.97 Å². The van der Waals surface area contributed by atoms with Gasteiger partial charge < -0.3 is 10.2 Å². The molecule has 0 amide bonds. The van der Waals surface area contributed by atoms with E-state index in [9.17, 15) is 4.79 Å². The molecule has 0 bridgehead atoms. The number of benzene rings is 1. The Morgan fingerprint density at radius 1 is 1.29 bits per heavy atom. The van der Waals surface area contributed by atoms with Crippen LogP contribution >= 0.6 is 11.6 Å². The Morgan fingerprint density at radius 2 is 2.00 bits per heavy atom. The fourth-order valence-corrected chi connectivity index (χ4v) is 1.73. The number of carboxylic acids is 1. The molecule has 0 saturated heterocycles. The zero-order chi connectivity index (χ0) is 12.7. The Balaban J connectivity index is 2.59. The second-order valence-corrected chi connectivity index (χ2v) is 4.14. The van der Waals surface area contributed by atoms with E-state index in [1.807, 2.05) is 23.1 Å². The van der Waals surface area contributed by atoms with E-state index in [2.05, 4.69) is 0 Å². The molecule has 0 unspecified atom stereocenters. The van der Waals surface area contributed by atoms with E-state index in [4.69, 9.17) is 21.8 Å². The third-order valence-electron chi connectivity index (χ3n) is 2.41. The standard InChI is InChI=1S/C12H16ClNO3/c13-11-4-2-1-3-10(11)9-14(7-8-15)6-5-12(16)17/h1-4,15H,5-9H2,(H,16,17). The first-order valence-electron chi connectivity index (χ1n) is 5.42. The topological polar surface area (TPSA) is 60.8 Å². The fourth-order valence-electron chi connectivity index (χ4n) is 1.53. The summed E-state index contributed by atoms with van der Waals surface area (Å²) < 4.78 is 0. The Kier molecular flexibility index (Phi) is 5.97. The van der Waals surface area contributed by atoms with Gasteiger partial charge in [-0.25, -0.2) is 0 Å². The van der Waals surface area contributed by atoms with E-state index in [-0.39, 0.29) is 13.0 Å². The molecule has 5 heteroatoms. The number of nitrogens with zero attached hydrogens (tertiary/aromatic N) is 1. The fraction of sp³-hybridized carbons (Fsp3) is 0.417. The molecule has 0 aliphatic carbocycles. The largest absolute Gasteiger partial charge is 0.481 e. The van der Waals surface area contributed by atoms with Crippen molar-refractivity contribution in [3.8, 4) is 0 Å². The van der Waals surface area contributed by atoms with Crippen molar-refractivity contribution in [2.24, 2.45) is 0 Å². The number of aliphatic hydroxyl groups is 1. The molecule has 0 aliphatic heterocycles. The van der Waals surface area contributed by atoms with Gasteiger partial charge in [0.05, 0.1) is 13.0 Å². The van der Waals surface area contributed by atoms with Crippen molar-refractivity contribution in [1.29, 1.82) is 0 Å². The van der Waals surface area contributed by atoms with E-state index >= 15 is 0 Å². The molecule has 4 nitrogen and oxygen atoms in total. The molecule has 1 aromatic rings. The number of aliphatic carboxylic acids is 1. The van der Waals surface area contributed by atoms with Gasteiger partial charge in [-0.05, 0) is 11.6 Å². The maximum absolute atomic E-state index is 10.5. The minimum absolute atomic E-state index is 0.00404. The van der Waals surface area contributed by atoms with Gasteiger partial charge in [0.2, 0.25) is 0 Å². The number of hydrogen-bond acceptors (Lipinski definition) is 3. The summed E-state index contributed by atoms with van der Waals surface area (Å²) in [6.45, 7) is 1.40. The number of rotatable bonds is 7. The second-order valence-electron chi connectivity index (χ2n) is 3.73. The lowest BCUT2D eigenvalue weighted by atomic mass is 10.2. The van der Waals surface area contributed by atoms with E-state index < -0.39 is 5.97 Å². The molecule has 0 atom stereocenters. The van der Waals surface area contributed by atoms with Crippen LogP contribution in [0, 0.1) is 0 Å². The molecular formula is C12H16ClNO3. The highest BCUT2D eigenvalue weighted by Gasteiger charge is 2.09. The molecule has 0 saturated carbocycles. The Labute approximate surface area is 105 Å². The molecule has 0 spiro atoms. The summed E-state index contributed by atoms with van der Waals surface area (Å²) in [5.74, 6) is -0.841. The van der Waals surface area contributed by atoms with Crippen LogP contribution in [0.3, 0.4) is 0 Å². The lowest BCUT2D eigenvalue weighted by Crippen LogP contribution is -2.29. The van der Waals surface area contributed by atoms with Crippen LogP contribution in [-0.2, 0) is 11.3 Å². The van der Waals surface area contributed by atoms with E-state index in [0.717, 1.165) is 5.56 Å². The maximum atomic E-state index is 10.5. The highest BCUT2D eigenvalue weighted by atomic mass is 35.5. The summed E-state index contributed by atoms with van der Waals surface area (Å²) in [7, 11) is 0. The Hall–Kier alpha value is -1.10. The van der Waals surface area contributed by atoms with Crippen LogP contribution in [0.25, 0.3) is 0 Å². The monoisotopic (exact) mass is 257 g/mol. The van der Waals surface area contributed by atoms with Crippen LogP contribution in [0.5, 0.6) is 0 Å². The first-order valence-corrected chi connectivity index (χ1v) is 5.79. The van der Waals surface area contributed by atoms with E-state index in [1.165, 1.54) is 0 Å². The van der Waals surface area contributed by atoms with Gasteiger partial charge in [-0.2, -0.15) is 0 Å². The zero-order valence-electron chi connectivity index (χ0n) is 9.47. The average molecular weight is 258 g/mol. The van der Waals surface area contributed by atoms with E-state index in [0.29, 0.717) is 24.7 Å². The van der Waals surface area contributed by atoms with Crippen molar-refractivity contribution < 1.29 is 15.0 Å². The first-order chi connectivity index (χ1) is 8.13. The van der Waals surface area contributed by atoms with Gasteiger partial charge in [-0.3, -0.25) is 9.69 Å². The molecule has 2 N–H and O–H groups in total. The molecule has 0 radical (unpaired) electrons. The maximum Gasteiger partial charge on any atom is 0.304 e. The van der Waals surface area contributed by atoms with Gasteiger partial charge in [-0.15, -0.1) is 0 Å². The van der Waals surface area contributed by atoms with Gasteiger partial charge in [0.15, 0.2) is 0 Å². The lowest BCUT2D eigenvalue weighted by molar-refractivity contribution is -0.137. The molecule has 1 rings (SSSR count). The molecule has 0 aromatic heterocycles. The number of aliphatic hydroxyl groups excluding tert-OH is 1. The Bertz CT molecular complexity index is 371. The van der Waals surface area contributed by atoms with Gasteiger partial charge in [0, 0.05) is 24.7 Å². The quantitative estimate of drug-likeness (QED) is 0.779. The molecular weight excluding hydrogens is 242 g/mol. The summed E-state index contributed by atoms with van der Waals surface area (Å²) in [4.78, 5) is 12.4. The van der Waals surface area contributed by atoms with Crippen molar-refractivity contribution in [2.75, 3.05) is 19.7 Å². The third-order valence-corrected chi connectivity index (χ3v) is 2.78. The molecule has 0 aliphatic rings. The normalized spacial score (nSPS) is 10.8. The van der Waals surface area contributed by atoms with Crippen molar-refractivity contribution in [2.45, 2.75) is 13.0 Å². The smallest absolute Gasteiger partial charge is 0.304 e. The zero-order valence-corrected chi connectivity index (χ0v) is 10.2. The van der Waals surface area contributed by atoms with Crippen molar-refractivity contribution in [1.82, 2.24) is 4.90 Å². The third kappa shape index (κ3) is 5.17. The first kappa shape index (κ1) is 14.0. The highest BCUT2D eigenvalue weighted by molar-refractivity contribution is 6.31. The number of carboxylic acid groups (broad SMARTS) is 1. The summed E-state index contributed by atoms with van der Waals surface area (Å²) in [5.41, 5.74) is 0.938. The number of hydrogen-bond donors (Lipinski definition) is 2. The van der Waals surface area contributed by atoms with Crippen LogP contribution in [0.4, 0.5) is 0 Å². The SMILES string of the molecule is O=C(O)CCN(CCO)Cc1ccccc1Cl. The number of carbonyl (C=O) groups is 1. The lowest BCUT2D eigenvalue weighted by Gasteiger charge is -2.20. The minimum atomic E-state index is -0.841. The van der Waals surface area contributed by atoms with Crippen molar-refractivity contribution >= 4 is 17.6 Å². The highest BCUT2D eigenvalue weighted by Crippen LogP contribution is 2.16. The van der Waals surface area contributed by atoms with Crippen LogP contribution in [0.1, 0.15) is 12.0 Å². The van der Waals surface area contributed by atoms with Gasteiger partial charge in [-0.1, -0.05) is 29.8 Å². The summed E-state index contributed by atoms with van der Waals surface area (Å²) >= 11 is 6.03. The Morgan fingerprint density at radius 3 is 2.59 bits per heavy atom. The van der Waals surface area contributed by atoms with E-state index in [1.54, 1.807) is 6.07 Å². The van der Waals surface area contributed by atoms with Crippen LogP contribution in [0.2, 0.25) is 5.02 Å². The molecule has 0 heterocycles. The molecule has 17 heavy (non-hydrogen) atoms. The summed E-state index contributed by atoms with van der Waals surface area (Å²) in [6, 6.07) is 7.42. The molecule has 94 valence electrons. The van der Waals surface area contributed by atoms with Crippen molar-refractivity contribution in [3.63, 3.8) is 0 Å². The van der Waals surface area contributed by atoms with Crippen molar-refractivity contribution in [3.05, 3.63) is 34.9 Å². The minimum Gasteiger partial charge on any atom is -0.481 e. The molecule has 1 aromatic carbocycles. The predicted molar refractivity (Wildman–Crippen MR) is 66.1 cm³/mol. The van der Waals surface area contributed by atoms with Crippen LogP contribution in [0.15, 0.2) is 24.3 Å². The second kappa shape index (κ2) is 7.27. The summed E-state index contributed by atoms with van der Waals surface area (Å²) in [5, 5.41) is 18.2. The van der Waals surface area contributed by atoms with Gasteiger partial charge in [0.25, 0.3) is 0 Å². The van der Waals surface area contributed by atoms with Crippen LogP contribution in [-0.4, -0.2) is 40.8 Å². The van der Waals surface area contributed by atoms with Crippen LogP contribution < -0.4 is 0 Å². The summed E-state index contributed by atoms with van der Waals surface area (Å²) in [6.07, 6.45) is 0.0600. The average Bonchev–Trinajstić information content (AvgIpc) is 2.29.